The second-order valence-corrected chi connectivity index (χ2v) is 10.4. The van der Waals surface area contributed by atoms with Crippen LogP contribution in [0.2, 0.25) is 0 Å². The molecule has 6 aromatic rings. The van der Waals surface area contributed by atoms with Crippen LogP contribution in [0.4, 0.5) is 56.9 Å². The number of fused-ring (bicyclic) bond motifs is 2. The van der Waals surface area contributed by atoms with Gasteiger partial charge in [-0.3, -0.25) is 4.79 Å². The molecule has 1 aliphatic rings. The molecule has 5 nitrogen and oxygen atoms in total. The highest BCUT2D eigenvalue weighted by atomic mass is 16.1. The minimum Gasteiger partial charge on any atom is -0.325 e. The molecule has 1 aliphatic heterocycles. The molecule has 0 spiro atoms. The van der Waals surface area contributed by atoms with Crippen molar-refractivity contribution < 1.29 is 4.79 Å². The van der Waals surface area contributed by atoms with E-state index in [0.29, 0.717) is 0 Å². The summed E-state index contributed by atoms with van der Waals surface area (Å²) < 4.78 is 0. The molecule has 0 bridgehead atoms. The Bertz CT molecular complexity index is 1800. The highest BCUT2D eigenvalue weighted by Gasteiger charge is 2.30. The van der Waals surface area contributed by atoms with Gasteiger partial charge in [0.2, 0.25) is 5.91 Å². The summed E-state index contributed by atoms with van der Waals surface area (Å²) in [5.74, 6) is -0.123. The van der Waals surface area contributed by atoms with Crippen LogP contribution in [-0.4, -0.2) is 5.91 Å². The van der Waals surface area contributed by atoms with Crippen molar-refractivity contribution in [2.45, 2.75) is 6.92 Å². The van der Waals surface area contributed by atoms with Gasteiger partial charge in [-0.2, -0.15) is 0 Å². The molecule has 1 amide bonds. The molecule has 0 radical (unpaired) electrons. The first-order chi connectivity index (χ1) is 21.2. The Hall–Kier alpha value is -5.81. The molecule has 1 heterocycles. The number of para-hydroxylation sites is 7. The second kappa shape index (κ2) is 11.2. The number of amides is 1. The maximum atomic E-state index is 12.4. The lowest BCUT2D eigenvalue weighted by molar-refractivity contribution is -0.114. The Morgan fingerprint density at radius 1 is 0.512 bits per heavy atom. The van der Waals surface area contributed by atoms with Crippen molar-refractivity contribution in [3.8, 4) is 0 Å². The van der Waals surface area contributed by atoms with E-state index in [2.05, 4.69) is 129 Å². The van der Waals surface area contributed by atoms with E-state index in [1.807, 2.05) is 48.5 Å². The van der Waals surface area contributed by atoms with Gasteiger partial charge in [-0.15, -0.1) is 0 Å². The van der Waals surface area contributed by atoms with Crippen molar-refractivity contribution >= 4 is 62.8 Å². The molecule has 0 saturated carbocycles. The molecule has 0 aromatic heterocycles. The highest BCUT2D eigenvalue weighted by Crippen LogP contribution is 2.54. The van der Waals surface area contributed by atoms with E-state index in [1.165, 1.54) is 0 Å². The van der Waals surface area contributed by atoms with Gasteiger partial charge in [0, 0.05) is 29.7 Å². The van der Waals surface area contributed by atoms with Crippen LogP contribution < -0.4 is 20.0 Å². The van der Waals surface area contributed by atoms with Gasteiger partial charge in [-0.05, 0) is 78.9 Å². The van der Waals surface area contributed by atoms with Crippen LogP contribution in [0.1, 0.15) is 6.92 Å². The lowest BCUT2D eigenvalue weighted by Gasteiger charge is -2.40. The zero-order valence-corrected chi connectivity index (χ0v) is 23.8. The van der Waals surface area contributed by atoms with Gasteiger partial charge in [0.05, 0.1) is 34.1 Å². The fourth-order valence-corrected chi connectivity index (χ4v) is 5.80. The first-order valence-electron chi connectivity index (χ1n) is 14.3. The maximum Gasteiger partial charge on any atom is 0.221 e. The molecule has 208 valence electrons. The number of carbonyl (C=O) groups excluding carboxylic acids is 1. The van der Waals surface area contributed by atoms with Crippen molar-refractivity contribution in [3.63, 3.8) is 0 Å². The zero-order chi connectivity index (χ0) is 29.2. The lowest BCUT2D eigenvalue weighted by Crippen LogP contribution is -2.24. The van der Waals surface area contributed by atoms with E-state index in [1.54, 1.807) is 6.92 Å². The van der Waals surface area contributed by atoms with Crippen molar-refractivity contribution in [2.24, 2.45) is 0 Å². The Balaban J connectivity index is 1.46. The molecule has 43 heavy (non-hydrogen) atoms. The number of anilines is 10. The molecular formula is C38H30N4O. The van der Waals surface area contributed by atoms with Crippen LogP contribution in [0.3, 0.4) is 0 Å². The zero-order valence-electron chi connectivity index (χ0n) is 23.8. The van der Waals surface area contributed by atoms with Crippen molar-refractivity contribution in [2.75, 3.05) is 20.0 Å². The Morgan fingerprint density at radius 2 is 0.930 bits per heavy atom. The largest absolute Gasteiger partial charge is 0.325 e. The molecule has 0 fully saturated rings. The molecule has 0 atom stereocenters. The third kappa shape index (κ3) is 4.87. The van der Waals surface area contributed by atoms with Gasteiger partial charge in [-0.25, -0.2) is 0 Å². The molecule has 0 unspecified atom stereocenters. The number of benzene rings is 6. The van der Waals surface area contributed by atoms with Gasteiger partial charge in [0.25, 0.3) is 0 Å². The molecule has 0 saturated heterocycles. The first kappa shape index (κ1) is 26.1. The van der Waals surface area contributed by atoms with Gasteiger partial charge in [0.1, 0.15) is 0 Å². The minimum absolute atomic E-state index is 0.123. The van der Waals surface area contributed by atoms with Gasteiger partial charge in [0.15, 0.2) is 0 Å². The fraction of sp³-hybridized carbons (Fsp3) is 0.0263. The number of hydrogen-bond acceptors (Lipinski definition) is 4. The normalized spacial score (nSPS) is 11.8. The van der Waals surface area contributed by atoms with E-state index < -0.39 is 0 Å². The predicted octanol–water partition coefficient (Wildman–Crippen LogP) is 10.4. The van der Waals surface area contributed by atoms with E-state index in [9.17, 15) is 4.79 Å². The third-order valence-electron chi connectivity index (χ3n) is 7.56. The third-order valence-corrected chi connectivity index (χ3v) is 7.56. The maximum absolute atomic E-state index is 12.4. The van der Waals surface area contributed by atoms with Crippen LogP contribution in [0.5, 0.6) is 0 Å². The lowest BCUT2D eigenvalue weighted by atomic mass is 10.0. The molecular weight excluding hydrogens is 528 g/mol. The monoisotopic (exact) mass is 558 g/mol. The summed E-state index contributed by atoms with van der Waals surface area (Å²) in [5, 5.41) is 3.08. The van der Waals surface area contributed by atoms with Crippen LogP contribution in [0, 0.1) is 0 Å². The highest BCUT2D eigenvalue weighted by molar-refractivity contribution is 6.03. The Kier molecular flexibility index (Phi) is 6.82. The van der Waals surface area contributed by atoms with Gasteiger partial charge >= 0.3 is 0 Å². The second-order valence-electron chi connectivity index (χ2n) is 10.4. The van der Waals surface area contributed by atoms with E-state index in [-0.39, 0.29) is 5.91 Å². The topological polar surface area (TPSA) is 38.8 Å². The Labute approximate surface area is 251 Å². The van der Waals surface area contributed by atoms with E-state index >= 15 is 0 Å². The summed E-state index contributed by atoms with van der Waals surface area (Å²) in [5.41, 5.74) is 9.96. The molecule has 1 N–H and O–H groups in total. The van der Waals surface area contributed by atoms with Crippen molar-refractivity contribution in [3.05, 3.63) is 158 Å². The van der Waals surface area contributed by atoms with Crippen LogP contribution >= 0.6 is 0 Å². The fourth-order valence-electron chi connectivity index (χ4n) is 5.80. The molecule has 5 heteroatoms. The van der Waals surface area contributed by atoms with Crippen LogP contribution in [0.15, 0.2) is 158 Å². The van der Waals surface area contributed by atoms with Crippen LogP contribution in [0.25, 0.3) is 0 Å². The number of nitrogens with one attached hydrogen (secondary N) is 1. The number of nitrogens with zero attached hydrogens (tertiary/aromatic N) is 3. The average molecular weight is 559 g/mol. The number of rotatable bonds is 6. The van der Waals surface area contributed by atoms with Gasteiger partial charge in [-0.1, -0.05) is 78.9 Å². The smallest absolute Gasteiger partial charge is 0.221 e. The standard InChI is InChI=1S/C38H30N4O/c1-28(43)39-33-26-25-32(27-38(33)40(29-15-5-2-6-16-29)30-17-7-3-8-18-30)42-36-23-13-11-21-34(36)41(31-19-9-4-10-20-31)35-22-12-14-24-37(35)42/h2-27H,1H3,(H,39,43). The molecule has 6 aromatic carbocycles. The number of hydrogen-bond donors (Lipinski definition) is 1. The average Bonchev–Trinajstić information content (AvgIpc) is 3.06. The summed E-state index contributed by atoms with van der Waals surface area (Å²) >= 11 is 0. The minimum atomic E-state index is -0.123. The SMILES string of the molecule is CC(=O)Nc1ccc(N2c3ccccc3N(c3ccccc3)c3ccccc32)cc1N(c1ccccc1)c1ccccc1. The first-order valence-corrected chi connectivity index (χ1v) is 14.3. The Morgan fingerprint density at radius 3 is 1.40 bits per heavy atom. The summed E-state index contributed by atoms with van der Waals surface area (Å²) in [6.45, 7) is 1.54. The van der Waals surface area contributed by atoms with Crippen molar-refractivity contribution in [1.29, 1.82) is 0 Å². The summed E-state index contributed by atoms with van der Waals surface area (Å²) in [6, 6.07) is 54.2. The summed E-state index contributed by atoms with van der Waals surface area (Å²) in [4.78, 5) is 19.2. The summed E-state index contributed by atoms with van der Waals surface area (Å²) in [7, 11) is 0. The molecule has 7 rings (SSSR count). The van der Waals surface area contributed by atoms with E-state index in [0.717, 1.165) is 56.9 Å². The molecule has 0 aliphatic carbocycles. The summed E-state index contributed by atoms with van der Waals surface area (Å²) in [6.07, 6.45) is 0. The van der Waals surface area contributed by atoms with Crippen LogP contribution in [-0.2, 0) is 4.79 Å². The van der Waals surface area contributed by atoms with Gasteiger partial charge < -0.3 is 20.0 Å². The van der Waals surface area contributed by atoms with Crippen molar-refractivity contribution in [1.82, 2.24) is 0 Å². The quantitative estimate of drug-likeness (QED) is 0.220. The van der Waals surface area contributed by atoms with E-state index in [4.69, 9.17) is 0 Å². The number of carbonyl (C=O) groups is 1. The predicted molar refractivity (Wildman–Crippen MR) is 178 cm³/mol.